The molecule has 27 heavy (non-hydrogen) atoms. The lowest BCUT2D eigenvalue weighted by Crippen LogP contribution is -2.26. The zero-order valence-electron chi connectivity index (χ0n) is 15.5. The maximum absolute atomic E-state index is 12.9. The molecule has 0 fully saturated rings. The van der Waals surface area contributed by atoms with E-state index in [9.17, 15) is 4.79 Å². The number of rotatable bonds is 4. The Morgan fingerprint density at radius 3 is 2.63 bits per heavy atom. The van der Waals surface area contributed by atoms with Crippen molar-refractivity contribution in [2.24, 2.45) is 0 Å². The zero-order valence-corrected chi connectivity index (χ0v) is 15.5. The second-order valence-electron chi connectivity index (χ2n) is 6.77. The van der Waals surface area contributed by atoms with Crippen LogP contribution in [0.5, 0.6) is 0 Å². The third-order valence-electron chi connectivity index (χ3n) is 4.65. The second-order valence-corrected chi connectivity index (χ2v) is 6.77. The molecule has 0 atom stereocenters. The molecule has 0 saturated heterocycles. The molecule has 0 unspecified atom stereocenters. The van der Waals surface area contributed by atoms with Crippen molar-refractivity contribution in [2.45, 2.75) is 20.4 Å². The summed E-state index contributed by atoms with van der Waals surface area (Å²) in [6, 6.07) is 17.6. The van der Waals surface area contributed by atoms with Gasteiger partial charge in [0, 0.05) is 29.6 Å². The summed E-state index contributed by atoms with van der Waals surface area (Å²) in [6.45, 7) is 4.25. The summed E-state index contributed by atoms with van der Waals surface area (Å²) in [5.74, 6) is 0.873. The van der Waals surface area contributed by atoms with E-state index in [4.69, 9.17) is 8.94 Å². The standard InChI is InChI=1S/C22H20N2O3/c1-14-9-10-18-15(2)21(26-20(18)11-14)22(25)24(3)13-17-12-19(27-23-17)16-7-5-4-6-8-16/h4-12H,13H2,1-3H3. The van der Waals surface area contributed by atoms with Crippen molar-refractivity contribution in [3.63, 3.8) is 0 Å². The van der Waals surface area contributed by atoms with Crippen LogP contribution in [0, 0.1) is 13.8 Å². The Labute approximate surface area is 157 Å². The van der Waals surface area contributed by atoms with E-state index in [-0.39, 0.29) is 5.91 Å². The maximum atomic E-state index is 12.9. The van der Waals surface area contributed by atoms with Crippen molar-refractivity contribution in [1.29, 1.82) is 0 Å². The van der Waals surface area contributed by atoms with Gasteiger partial charge >= 0.3 is 0 Å². The number of amides is 1. The number of benzene rings is 2. The molecule has 4 rings (SSSR count). The van der Waals surface area contributed by atoms with Crippen LogP contribution in [-0.2, 0) is 6.54 Å². The highest BCUT2D eigenvalue weighted by Gasteiger charge is 2.22. The number of hydrogen-bond acceptors (Lipinski definition) is 4. The minimum atomic E-state index is -0.175. The van der Waals surface area contributed by atoms with E-state index in [0.29, 0.717) is 23.8 Å². The van der Waals surface area contributed by atoms with Crippen LogP contribution in [-0.4, -0.2) is 23.0 Å². The minimum absolute atomic E-state index is 0.175. The van der Waals surface area contributed by atoms with Gasteiger partial charge in [0.1, 0.15) is 11.3 Å². The van der Waals surface area contributed by atoms with Crippen LogP contribution in [0.4, 0.5) is 0 Å². The topological polar surface area (TPSA) is 59.5 Å². The maximum Gasteiger partial charge on any atom is 0.289 e. The van der Waals surface area contributed by atoms with Gasteiger partial charge in [-0.05, 0) is 25.5 Å². The van der Waals surface area contributed by atoms with E-state index < -0.39 is 0 Å². The molecule has 0 spiro atoms. The molecular weight excluding hydrogens is 340 g/mol. The number of nitrogens with zero attached hydrogens (tertiary/aromatic N) is 2. The van der Waals surface area contributed by atoms with Gasteiger partial charge in [-0.15, -0.1) is 0 Å². The van der Waals surface area contributed by atoms with Gasteiger partial charge in [0.2, 0.25) is 0 Å². The highest BCUT2D eigenvalue weighted by atomic mass is 16.5. The fourth-order valence-electron chi connectivity index (χ4n) is 3.15. The van der Waals surface area contributed by atoms with E-state index in [2.05, 4.69) is 5.16 Å². The fourth-order valence-corrected chi connectivity index (χ4v) is 3.15. The summed E-state index contributed by atoms with van der Waals surface area (Å²) < 4.78 is 11.3. The summed E-state index contributed by atoms with van der Waals surface area (Å²) in [5.41, 5.74) is 4.33. The van der Waals surface area contributed by atoms with Crippen LogP contribution in [0.3, 0.4) is 0 Å². The summed E-state index contributed by atoms with van der Waals surface area (Å²) in [5, 5.41) is 5.05. The van der Waals surface area contributed by atoms with Gasteiger partial charge < -0.3 is 13.8 Å². The van der Waals surface area contributed by atoms with Crippen molar-refractivity contribution in [1.82, 2.24) is 10.1 Å². The first-order valence-electron chi connectivity index (χ1n) is 8.79. The fraction of sp³-hybridized carbons (Fsp3) is 0.182. The molecule has 0 radical (unpaired) electrons. The second kappa shape index (κ2) is 6.76. The predicted molar refractivity (Wildman–Crippen MR) is 103 cm³/mol. The van der Waals surface area contributed by atoms with Crippen molar-refractivity contribution >= 4 is 16.9 Å². The van der Waals surface area contributed by atoms with E-state index in [1.165, 1.54) is 0 Å². The first-order valence-corrected chi connectivity index (χ1v) is 8.79. The molecule has 5 nitrogen and oxygen atoms in total. The number of aryl methyl sites for hydroxylation is 2. The van der Waals surface area contributed by atoms with Crippen LogP contribution in [0.1, 0.15) is 27.4 Å². The molecule has 0 aliphatic heterocycles. The molecule has 0 aliphatic carbocycles. The van der Waals surface area contributed by atoms with Crippen molar-refractivity contribution in [3.05, 3.63) is 77.2 Å². The van der Waals surface area contributed by atoms with Crippen LogP contribution in [0.25, 0.3) is 22.3 Å². The van der Waals surface area contributed by atoms with Crippen molar-refractivity contribution < 1.29 is 13.7 Å². The van der Waals surface area contributed by atoms with Crippen LogP contribution < -0.4 is 0 Å². The van der Waals surface area contributed by atoms with E-state index in [0.717, 1.165) is 27.7 Å². The molecule has 136 valence electrons. The minimum Gasteiger partial charge on any atom is -0.451 e. The monoisotopic (exact) mass is 360 g/mol. The van der Waals surface area contributed by atoms with Gasteiger partial charge in [0.25, 0.3) is 5.91 Å². The van der Waals surface area contributed by atoms with Crippen LogP contribution in [0.15, 0.2) is 63.5 Å². The zero-order chi connectivity index (χ0) is 19.0. The Kier molecular flexibility index (Phi) is 4.28. The average Bonchev–Trinajstić information content (AvgIpc) is 3.26. The lowest BCUT2D eigenvalue weighted by atomic mass is 10.1. The third-order valence-corrected chi connectivity index (χ3v) is 4.65. The first-order chi connectivity index (χ1) is 13.0. The molecule has 0 saturated carbocycles. The largest absolute Gasteiger partial charge is 0.451 e. The third kappa shape index (κ3) is 3.24. The molecule has 4 aromatic rings. The Morgan fingerprint density at radius 2 is 1.85 bits per heavy atom. The molecule has 1 amide bonds. The van der Waals surface area contributed by atoms with Gasteiger partial charge in [-0.25, -0.2) is 0 Å². The van der Waals surface area contributed by atoms with Gasteiger partial charge in [-0.2, -0.15) is 0 Å². The summed E-state index contributed by atoms with van der Waals surface area (Å²) in [6.07, 6.45) is 0. The molecule has 2 aromatic carbocycles. The predicted octanol–water partition coefficient (Wildman–Crippen LogP) is 4.98. The van der Waals surface area contributed by atoms with E-state index in [1.807, 2.05) is 68.4 Å². The highest BCUT2D eigenvalue weighted by Crippen LogP contribution is 2.27. The number of fused-ring (bicyclic) bond motifs is 1. The molecule has 0 N–H and O–H groups in total. The SMILES string of the molecule is Cc1ccc2c(C)c(C(=O)N(C)Cc3cc(-c4ccccc4)on3)oc2c1. The smallest absolute Gasteiger partial charge is 0.289 e. The number of carbonyl (C=O) groups is 1. The molecule has 0 aliphatic rings. The van der Waals surface area contributed by atoms with Gasteiger partial charge in [-0.1, -0.05) is 47.6 Å². The van der Waals surface area contributed by atoms with Crippen LogP contribution in [0.2, 0.25) is 0 Å². The Bertz CT molecular complexity index is 1110. The molecule has 5 heteroatoms. The van der Waals surface area contributed by atoms with Crippen molar-refractivity contribution in [3.8, 4) is 11.3 Å². The molecule has 2 heterocycles. The molecule has 2 aromatic heterocycles. The first kappa shape index (κ1) is 17.1. The summed E-state index contributed by atoms with van der Waals surface area (Å²) in [7, 11) is 1.73. The van der Waals surface area contributed by atoms with Crippen molar-refractivity contribution in [2.75, 3.05) is 7.05 Å². The van der Waals surface area contributed by atoms with E-state index >= 15 is 0 Å². The molecule has 0 bridgehead atoms. The molecular formula is C22H20N2O3. The lowest BCUT2D eigenvalue weighted by molar-refractivity contribution is 0.0752. The quantitative estimate of drug-likeness (QED) is 0.515. The normalized spacial score (nSPS) is 11.1. The number of aromatic nitrogens is 1. The highest BCUT2D eigenvalue weighted by molar-refractivity contribution is 5.98. The Hall–Kier alpha value is -3.34. The number of carbonyl (C=O) groups excluding carboxylic acids is 1. The van der Waals surface area contributed by atoms with Gasteiger partial charge in [0.05, 0.1) is 6.54 Å². The lowest BCUT2D eigenvalue weighted by Gasteiger charge is -2.14. The number of furan rings is 1. The van der Waals surface area contributed by atoms with Crippen LogP contribution >= 0.6 is 0 Å². The Balaban J connectivity index is 1.55. The number of hydrogen-bond donors (Lipinski definition) is 0. The summed E-state index contributed by atoms with van der Waals surface area (Å²) >= 11 is 0. The van der Waals surface area contributed by atoms with E-state index in [1.54, 1.807) is 11.9 Å². The van der Waals surface area contributed by atoms with Gasteiger partial charge in [-0.3, -0.25) is 4.79 Å². The average molecular weight is 360 g/mol. The van der Waals surface area contributed by atoms with Gasteiger partial charge in [0.15, 0.2) is 11.5 Å². The summed E-state index contributed by atoms with van der Waals surface area (Å²) in [4.78, 5) is 14.5. The Morgan fingerprint density at radius 1 is 1.07 bits per heavy atom.